The Hall–Kier alpha value is -1.06. The predicted octanol–water partition coefficient (Wildman–Crippen LogP) is 1.36. The molecule has 1 saturated heterocycles. The molecule has 2 N–H and O–H groups in total. The number of hydrogen-bond acceptors (Lipinski definition) is 3. The Balaban J connectivity index is 2.15. The second-order valence-electron chi connectivity index (χ2n) is 4.06. The Morgan fingerprint density at radius 3 is 2.80 bits per heavy atom. The fourth-order valence-corrected chi connectivity index (χ4v) is 2.04. The monoisotopic (exact) mass is 206 g/mol. The standard InChI is InChI=1S/C12H18N2O/c1-13-9-12(14-6-3-7-14)10-4-2-5-11(15)8-10/h2,4-5,8,12-13,15H,3,6-7,9H2,1H3. The van der Waals surface area contributed by atoms with Gasteiger partial charge in [-0.3, -0.25) is 4.90 Å². The van der Waals surface area contributed by atoms with E-state index in [9.17, 15) is 5.11 Å². The molecule has 0 radical (unpaired) electrons. The Bertz CT molecular complexity index is 323. The summed E-state index contributed by atoms with van der Waals surface area (Å²) in [5.41, 5.74) is 1.20. The number of aromatic hydroxyl groups is 1. The minimum atomic E-state index is 0.356. The number of rotatable bonds is 4. The minimum Gasteiger partial charge on any atom is -0.508 e. The molecule has 1 aromatic carbocycles. The Morgan fingerprint density at radius 2 is 2.27 bits per heavy atom. The third kappa shape index (κ3) is 2.30. The lowest BCUT2D eigenvalue weighted by molar-refractivity contribution is 0.117. The van der Waals surface area contributed by atoms with Gasteiger partial charge in [0.25, 0.3) is 0 Å². The molecule has 0 spiro atoms. The van der Waals surface area contributed by atoms with Crippen molar-refractivity contribution in [2.24, 2.45) is 0 Å². The van der Waals surface area contributed by atoms with Gasteiger partial charge in [-0.05, 0) is 31.2 Å². The van der Waals surface area contributed by atoms with Gasteiger partial charge in [0, 0.05) is 25.7 Å². The van der Waals surface area contributed by atoms with Crippen LogP contribution < -0.4 is 5.32 Å². The fourth-order valence-electron chi connectivity index (χ4n) is 2.04. The van der Waals surface area contributed by atoms with E-state index in [0.717, 1.165) is 6.54 Å². The molecule has 15 heavy (non-hydrogen) atoms. The molecule has 3 heteroatoms. The van der Waals surface area contributed by atoms with Crippen LogP contribution in [-0.2, 0) is 0 Å². The maximum absolute atomic E-state index is 9.46. The lowest BCUT2D eigenvalue weighted by atomic mass is 10.0. The third-order valence-electron chi connectivity index (χ3n) is 2.98. The van der Waals surface area contributed by atoms with E-state index in [1.165, 1.54) is 25.1 Å². The molecule has 0 saturated carbocycles. The van der Waals surface area contributed by atoms with Gasteiger partial charge in [-0.15, -0.1) is 0 Å². The molecule has 1 fully saturated rings. The molecule has 1 heterocycles. The fraction of sp³-hybridized carbons (Fsp3) is 0.500. The summed E-state index contributed by atoms with van der Waals surface area (Å²) in [5, 5.41) is 12.7. The van der Waals surface area contributed by atoms with E-state index >= 15 is 0 Å². The van der Waals surface area contributed by atoms with Crippen LogP contribution in [0.3, 0.4) is 0 Å². The van der Waals surface area contributed by atoms with Gasteiger partial charge in [-0.25, -0.2) is 0 Å². The number of hydrogen-bond donors (Lipinski definition) is 2. The summed E-state index contributed by atoms with van der Waals surface area (Å²) in [6, 6.07) is 7.97. The average Bonchev–Trinajstić information content (AvgIpc) is 2.14. The summed E-state index contributed by atoms with van der Waals surface area (Å²) in [6.45, 7) is 3.27. The van der Waals surface area contributed by atoms with Crippen molar-refractivity contribution in [1.82, 2.24) is 10.2 Å². The number of phenolic OH excluding ortho intramolecular Hbond substituents is 1. The van der Waals surface area contributed by atoms with E-state index in [-0.39, 0.29) is 0 Å². The van der Waals surface area contributed by atoms with Crippen molar-refractivity contribution in [2.45, 2.75) is 12.5 Å². The van der Waals surface area contributed by atoms with E-state index in [1.807, 2.05) is 19.2 Å². The molecule has 1 unspecified atom stereocenters. The van der Waals surface area contributed by atoms with E-state index in [4.69, 9.17) is 0 Å². The van der Waals surface area contributed by atoms with Gasteiger partial charge in [-0.1, -0.05) is 12.1 Å². The minimum absolute atomic E-state index is 0.356. The summed E-state index contributed by atoms with van der Waals surface area (Å²) in [4.78, 5) is 2.44. The van der Waals surface area contributed by atoms with E-state index in [2.05, 4.69) is 16.3 Å². The van der Waals surface area contributed by atoms with Gasteiger partial charge in [0.05, 0.1) is 0 Å². The second kappa shape index (κ2) is 4.64. The van der Waals surface area contributed by atoms with Gasteiger partial charge in [0.2, 0.25) is 0 Å². The maximum atomic E-state index is 9.46. The van der Waals surface area contributed by atoms with Gasteiger partial charge in [-0.2, -0.15) is 0 Å². The average molecular weight is 206 g/mol. The molecule has 1 aliphatic heterocycles. The number of phenols is 1. The third-order valence-corrected chi connectivity index (χ3v) is 2.98. The van der Waals surface area contributed by atoms with Crippen LogP contribution in [0.4, 0.5) is 0 Å². The first-order chi connectivity index (χ1) is 7.31. The lowest BCUT2D eigenvalue weighted by Gasteiger charge is -2.38. The first-order valence-electron chi connectivity index (χ1n) is 5.49. The smallest absolute Gasteiger partial charge is 0.115 e. The molecule has 0 aliphatic carbocycles. The molecular weight excluding hydrogens is 188 g/mol. The Kier molecular flexibility index (Phi) is 3.23. The lowest BCUT2D eigenvalue weighted by Crippen LogP contribution is -2.43. The highest BCUT2D eigenvalue weighted by atomic mass is 16.3. The molecule has 0 bridgehead atoms. The van der Waals surface area contributed by atoms with Crippen molar-refractivity contribution in [1.29, 1.82) is 0 Å². The summed E-state index contributed by atoms with van der Waals surface area (Å²) in [5.74, 6) is 0.356. The molecule has 1 aliphatic rings. The summed E-state index contributed by atoms with van der Waals surface area (Å²) in [6.07, 6.45) is 1.29. The van der Waals surface area contributed by atoms with Crippen LogP contribution in [0.5, 0.6) is 5.75 Å². The molecule has 1 aromatic rings. The molecule has 0 aromatic heterocycles. The molecule has 3 nitrogen and oxygen atoms in total. The van der Waals surface area contributed by atoms with Gasteiger partial charge in [0.15, 0.2) is 0 Å². The van der Waals surface area contributed by atoms with Crippen molar-refractivity contribution in [3.63, 3.8) is 0 Å². The van der Waals surface area contributed by atoms with Crippen molar-refractivity contribution < 1.29 is 5.11 Å². The molecule has 0 amide bonds. The van der Waals surface area contributed by atoms with E-state index in [0.29, 0.717) is 11.8 Å². The second-order valence-corrected chi connectivity index (χ2v) is 4.06. The highest BCUT2D eigenvalue weighted by Gasteiger charge is 2.24. The van der Waals surface area contributed by atoms with Crippen LogP contribution in [0, 0.1) is 0 Å². The summed E-state index contributed by atoms with van der Waals surface area (Å²) in [7, 11) is 1.97. The van der Waals surface area contributed by atoms with E-state index in [1.54, 1.807) is 6.07 Å². The van der Waals surface area contributed by atoms with Gasteiger partial charge >= 0.3 is 0 Å². The van der Waals surface area contributed by atoms with Crippen LogP contribution in [0.25, 0.3) is 0 Å². The van der Waals surface area contributed by atoms with Crippen LogP contribution in [-0.4, -0.2) is 36.7 Å². The highest BCUT2D eigenvalue weighted by molar-refractivity contribution is 5.29. The first-order valence-corrected chi connectivity index (χ1v) is 5.49. The number of likely N-dealkylation sites (tertiary alicyclic amines) is 1. The SMILES string of the molecule is CNCC(c1cccc(O)c1)N1CCC1. The Morgan fingerprint density at radius 1 is 1.47 bits per heavy atom. The number of benzene rings is 1. The maximum Gasteiger partial charge on any atom is 0.115 e. The largest absolute Gasteiger partial charge is 0.508 e. The zero-order valence-electron chi connectivity index (χ0n) is 9.11. The van der Waals surface area contributed by atoms with Crippen molar-refractivity contribution in [2.75, 3.05) is 26.7 Å². The molecule has 1 atom stereocenters. The predicted molar refractivity (Wildman–Crippen MR) is 61.0 cm³/mol. The quantitative estimate of drug-likeness (QED) is 0.780. The van der Waals surface area contributed by atoms with Crippen molar-refractivity contribution >= 4 is 0 Å². The Labute approximate surface area is 90.7 Å². The van der Waals surface area contributed by atoms with Gasteiger partial charge in [0.1, 0.15) is 5.75 Å². The van der Waals surface area contributed by atoms with Crippen LogP contribution in [0.1, 0.15) is 18.0 Å². The molecule has 82 valence electrons. The highest BCUT2D eigenvalue weighted by Crippen LogP contribution is 2.26. The topological polar surface area (TPSA) is 35.5 Å². The number of nitrogens with zero attached hydrogens (tertiary/aromatic N) is 1. The normalized spacial score (nSPS) is 18.5. The number of likely N-dealkylation sites (N-methyl/N-ethyl adjacent to an activating group) is 1. The first kappa shape index (κ1) is 10.5. The van der Waals surface area contributed by atoms with Crippen LogP contribution >= 0.6 is 0 Å². The zero-order valence-corrected chi connectivity index (χ0v) is 9.11. The molecular formula is C12H18N2O. The van der Waals surface area contributed by atoms with E-state index < -0.39 is 0 Å². The number of nitrogens with one attached hydrogen (secondary N) is 1. The summed E-state index contributed by atoms with van der Waals surface area (Å²) < 4.78 is 0. The summed E-state index contributed by atoms with van der Waals surface area (Å²) >= 11 is 0. The van der Waals surface area contributed by atoms with Gasteiger partial charge < -0.3 is 10.4 Å². The van der Waals surface area contributed by atoms with Crippen LogP contribution in [0.2, 0.25) is 0 Å². The zero-order chi connectivity index (χ0) is 10.7. The van der Waals surface area contributed by atoms with Crippen molar-refractivity contribution in [3.05, 3.63) is 29.8 Å². The molecule has 2 rings (SSSR count). The van der Waals surface area contributed by atoms with Crippen LogP contribution in [0.15, 0.2) is 24.3 Å². The van der Waals surface area contributed by atoms with Crippen molar-refractivity contribution in [3.8, 4) is 5.75 Å².